The number of hydrogen-bond donors (Lipinski definition) is 1. The van der Waals surface area contributed by atoms with Crippen LogP contribution in [-0.4, -0.2) is 12.5 Å². The van der Waals surface area contributed by atoms with Crippen molar-refractivity contribution in [3.63, 3.8) is 0 Å². The van der Waals surface area contributed by atoms with E-state index in [0.717, 1.165) is 0 Å². The summed E-state index contributed by atoms with van der Waals surface area (Å²) < 4.78 is 0. The highest BCUT2D eigenvalue weighted by molar-refractivity contribution is 5.62. The van der Waals surface area contributed by atoms with Crippen molar-refractivity contribution < 1.29 is 4.79 Å². The molecule has 1 unspecified atom stereocenters. The predicted octanol–water partition coefficient (Wildman–Crippen LogP) is 0.449. The van der Waals surface area contributed by atoms with Crippen LogP contribution >= 0.6 is 0 Å². The number of hydrogen-bond acceptors (Lipinski definition) is 2. The van der Waals surface area contributed by atoms with Crippen LogP contribution in [0.1, 0.15) is 0 Å². The fourth-order valence-electron chi connectivity index (χ4n) is 0.934. The van der Waals surface area contributed by atoms with Crippen LogP contribution in [0.5, 0.6) is 0 Å². The minimum atomic E-state index is -0.129. The zero-order valence-electron chi connectivity index (χ0n) is 6.58. The highest BCUT2D eigenvalue weighted by Crippen LogP contribution is 2.14. The molecule has 1 rings (SSSR count). The molecule has 0 aromatic heterocycles. The Labute approximate surface area is 71.4 Å². The molecule has 60 valence electrons. The molecule has 0 aromatic rings. The zero-order valence-corrected chi connectivity index (χ0v) is 6.58. The number of carbonyl (C=O) groups excluding carboxylic acids is 1. The van der Waals surface area contributed by atoms with Crippen LogP contribution in [0.3, 0.4) is 0 Å². The average molecular weight is 159 g/mol. The lowest BCUT2D eigenvalue weighted by molar-refractivity contribution is 0.566. The van der Waals surface area contributed by atoms with Gasteiger partial charge in [0.1, 0.15) is 5.94 Å². The van der Waals surface area contributed by atoms with Gasteiger partial charge in [0.25, 0.3) is 0 Å². The smallest absolute Gasteiger partial charge is 0.129 e. The summed E-state index contributed by atoms with van der Waals surface area (Å²) in [7, 11) is 0. The first-order valence-electron chi connectivity index (χ1n) is 3.67. The van der Waals surface area contributed by atoms with Crippen molar-refractivity contribution in [1.82, 2.24) is 0 Å². The molecule has 0 amide bonds. The molecular weight excluding hydrogens is 150 g/mol. The molecule has 0 radical (unpaired) electrons. The minimum absolute atomic E-state index is 0.129. The molecule has 0 heterocycles. The SMILES string of the molecule is NCC#CC1C=CC=CC1=C=O. The third-order valence-electron chi connectivity index (χ3n) is 1.50. The summed E-state index contributed by atoms with van der Waals surface area (Å²) in [5.74, 6) is 7.30. The maximum Gasteiger partial charge on any atom is 0.129 e. The Morgan fingerprint density at radius 3 is 3.00 bits per heavy atom. The van der Waals surface area contributed by atoms with E-state index in [4.69, 9.17) is 5.73 Å². The monoisotopic (exact) mass is 159 g/mol. The van der Waals surface area contributed by atoms with Gasteiger partial charge in [-0.2, -0.15) is 0 Å². The van der Waals surface area contributed by atoms with Gasteiger partial charge in [0.2, 0.25) is 0 Å². The number of nitrogens with two attached hydrogens (primary N) is 1. The summed E-state index contributed by atoms with van der Waals surface area (Å²) in [6.07, 6.45) is 7.21. The van der Waals surface area contributed by atoms with Crippen molar-refractivity contribution in [2.24, 2.45) is 11.7 Å². The number of allylic oxidation sites excluding steroid dienone is 5. The summed E-state index contributed by atoms with van der Waals surface area (Å²) in [5.41, 5.74) is 5.78. The second kappa shape index (κ2) is 4.35. The fraction of sp³-hybridized carbons (Fsp3) is 0.200. The van der Waals surface area contributed by atoms with Crippen LogP contribution in [0.4, 0.5) is 0 Å². The summed E-state index contributed by atoms with van der Waals surface area (Å²) in [6, 6.07) is 0. The highest BCUT2D eigenvalue weighted by atomic mass is 16.1. The van der Waals surface area contributed by atoms with Gasteiger partial charge < -0.3 is 5.73 Å². The number of rotatable bonds is 0. The predicted molar refractivity (Wildman–Crippen MR) is 47.8 cm³/mol. The normalized spacial score (nSPS) is 19.8. The maximum absolute atomic E-state index is 10.4. The van der Waals surface area contributed by atoms with Crippen LogP contribution < -0.4 is 5.73 Å². The molecule has 12 heavy (non-hydrogen) atoms. The standard InChI is InChI=1S/C10H9NO/c11-7-3-6-9-4-1-2-5-10(9)8-12/h1-2,4-5,9H,7,11H2. The third-order valence-corrected chi connectivity index (χ3v) is 1.50. The Morgan fingerprint density at radius 1 is 1.50 bits per heavy atom. The van der Waals surface area contributed by atoms with Crippen molar-refractivity contribution in [2.75, 3.05) is 6.54 Å². The van der Waals surface area contributed by atoms with E-state index in [1.54, 1.807) is 12.2 Å². The van der Waals surface area contributed by atoms with Crippen LogP contribution in [0, 0.1) is 17.8 Å². The van der Waals surface area contributed by atoms with E-state index < -0.39 is 0 Å². The summed E-state index contributed by atoms with van der Waals surface area (Å²) >= 11 is 0. The fourth-order valence-corrected chi connectivity index (χ4v) is 0.934. The quantitative estimate of drug-likeness (QED) is 0.412. The Balaban J connectivity index is 2.83. The molecule has 2 N–H and O–H groups in total. The molecule has 0 bridgehead atoms. The van der Waals surface area contributed by atoms with E-state index in [1.165, 1.54) is 0 Å². The molecule has 1 aliphatic rings. The van der Waals surface area contributed by atoms with Gasteiger partial charge in [-0.1, -0.05) is 30.1 Å². The van der Waals surface area contributed by atoms with Crippen LogP contribution in [0.15, 0.2) is 29.9 Å². The average Bonchev–Trinajstić information content (AvgIpc) is 2.15. The summed E-state index contributed by atoms with van der Waals surface area (Å²) in [6.45, 7) is 0.320. The largest absolute Gasteiger partial charge is 0.320 e. The van der Waals surface area contributed by atoms with Gasteiger partial charge in [0.15, 0.2) is 0 Å². The van der Waals surface area contributed by atoms with Crippen molar-refractivity contribution in [1.29, 1.82) is 0 Å². The topological polar surface area (TPSA) is 43.1 Å². The molecule has 0 aromatic carbocycles. The molecule has 1 aliphatic carbocycles. The van der Waals surface area contributed by atoms with Crippen LogP contribution in [-0.2, 0) is 4.79 Å². The van der Waals surface area contributed by atoms with Gasteiger partial charge >= 0.3 is 0 Å². The molecule has 0 saturated carbocycles. The van der Waals surface area contributed by atoms with E-state index in [9.17, 15) is 4.79 Å². The molecule has 0 saturated heterocycles. The Morgan fingerprint density at radius 2 is 2.33 bits per heavy atom. The molecule has 2 nitrogen and oxygen atoms in total. The second-order valence-corrected chi connectivity index (χ2v) is 2.30. The lowest BCUT2D eigenvalue weighted by atomic mass is 9.96. The van der Waals surface area contributed by atoms with E-state index in [0.29, 0.717) is 12.1 Å². The van der Waals surface area contributed by atoms with Gasteiger partial charge in [-0.3, -0.25) is 0 Å². The first kappa shape index (κ1) is 8.55. The molecule has 1 atom stereocenters. The summed E-state index contributed by atoms with van der Waals surface area (Å²) in [4.78, 5) is 10.4. The first-order chi connectivity index (χ1) is 5.88. The van der Waals surface area contributed by atoms with E-state index in [-0.39, 0.29) is 5.92 Å². The lowest BCUT2D eigenvalue weighted by Gasteiger charge is -2.05. The van der Waals surface area contributed by atoms with Gasteiger partial charge in [-0.05, 0) is 6.08 Å². The van der Waals surface area contributed by atoms with Gasteiger partial charge in [-0.15, -0.1) is 0 Å². The van der Waals surface area contributed by atoms with Gasteiger partial charge in [0.05, 0.1) is 18.0 Å². The molecule has 2 heteroatoms. The zero-order chi connectivity index (χ0) is 8.81. The van der Waals surface area contributed by atoms with Crippen molar-refractivity contribution in [3.05, 3.63) is 29.9 Å². The Bertz CT molecular complexity index is 321. The maximum atomic E-state index is 10.4. The van der Waals surface area contributed by atoms with E-state index in [2.05, 4.69) is 11.8 Å². The molecule has 0 fully saturated rings. The second-order valence-electron chi connectivity index (χ2n) is 2.30. The first-order valence-corrected chi connectivity index (χ1v) is 3.67. The molecular formula is C10H9NO. The van der Waals surface area contributed by atoms with Crippen LogP contribution in [0.2, 0.25) is 0 Å². The van der Waals surface area contributed by atoms with E-state index in [1.807, 2.05) is 18.1 Å². The van der Waals surface area contributed by atoms with Gasteiger partial charge in [0, 0.05) is 0 Å². The van der Waals surface area contributed by atoms with Crippen molar-refractivity contribution in [2.45, 2.75) is 0 Å². The van der Waals surface area contributed by atoms with Gasteiger partial charge in [-0.25, -0.2) is 4.79 Å². The Kier molecular flexibility index (Phi) is 3.10. The van der Waals surface area contributed by atoms with Crippen LogP contribution in [0.25, 0.3) is 0 Å². The summed E-state index contributed by atoms with van der Waals surface area (Å²) in [5, 5.41) is 0. The minimum Gasteiger partial charge on any atom is -0.320 e. The van der Waals surface area contributed by atoms with Crippen molar-refractivity contribution >= 4 is 5.94 Å². The van der Waals surface area contributed by atoms with E-state index >= 15 is 0 Å². The lowest BCUT2D eigenvalue weighted by Crippen LogP contribution is -2.01. The molecule has 0 aliphatic heterocycles. The van der Waals surface area contributed by atoms with Crippen molar-refractivity contribution in [3.8, 4) is 11.8 Å². The third kappa shape index (κ3) is 1.96. The highest BCUT2D eigenvalue weighted by Gasteiger charge is 2.07. The Hall–Kier alpha value is -1.55. The molecule has 0 spiro atoms.